The number of ether oxygens (including phenoxy) is 2. The molecule has 2 amide bonds. The molecular weight excluding hydrogens is 410 g/mol. The van der Waals surface area contributed by atoms with Crippen LogP contribution in [0, 0.1) is 13.8 Å². The van der Waals surface area contributed by atoms with E-state index in [9.17, 15) is 14.4 Å². The molecule has 8 nitrogen and oxygen atoms in total. The Morgan fingerprint density at radius 1 is 1.09 bits per heavy atom. The predicted octanol–water partition coefficient (Wildman–Crippen LogP) is 3.39. The molecule has 2 N–H and O–H groups in total. The van der Waals surface area contributed by atoms with E-state index < -0.39 is 5.97 Å². The molecule has 0 aliphatic rings. The monoisotopic (exact) mass is 443 g/mol. The number of ketones is 1. The van der Waals surface area contributed by atoms with Crippen molar-refractivity contribution in [2.75, 3.05) is 20.3 Å². The summed E-state index contributed by atoms with van der Waals surface area (Å²) in [6, 6.07) is 8.34. The number of methoxy groups -OCH3 is 1. The van der Waals surface area contributed by atoms with Gasteiger partial charge in [0.1, 0.15) is 0 Å². The summed E-state index contributed by atoms with van der Waals surface area (Å²) in [6.07, 6.45) is 0.851. The second-order valence-electron chi connectivity index (χ2n) is 7.96. The largest absolute Gasteiger partial charge is 0.454 e. The van der Waals surface area contributed by atoms with Crippen LogP contribution in [0.5, 0.6) is 0 Å². The zero-order chi connectivity index (χ0) is 23.7. The summed E-state index contributed by atoms with van der Waals surface area (Å²) in [7, 11) is 1.66. The molecule has 2 aromatic rings. The fraction of sp³-hybridized carbons (Fsp3) is 0.458. The van der Waals surface area contributed by atoms with Crippen molar-refractivity contribution in [3.05, 3.63) is 58.4 Å². The molecule has 1 aromatic carbocycles. The minimum absolute atomic E-state index is 0.0526. The van der Waals surface area contributed by atoms with Gasteiger partial charge in [-0.1, -0.05) is 12.1 Å². The SMILES string of the molecule is COCCCn1c(C)cc(C(=O)COC(=O)c2ccc(CNC(=O)NC(C)C)cc2)c1C. The van der Waals surface area contributed by atoms with Crippen LogP contribution < -0.4 is 10.6 Å². The summed E-state index contributed by atoms with van der Waals surface area (Å²) in [5.41, 5.74) is 3.60. The van der Waals surface area contributed by atoms with Gasteiger partial charge in [0.15, 0.2) is 6.61 Å². The molecule has 0 aliphatic heterocycles. The number of aromatic nitrogens is 1. The predicted molar refractivity (Wildman–Crippen MR) is 122 cm³/mol. The Morgan fingerprint density at radius 3 is 2.41 bits per heavy atom. The number of hydrogen-bond acceptors (Lipinski definition) is 5. The third-order valence-electron chi connectivity index (χ3n) is 5.00. The summed E-state index contributed by atoms with van der Waals surface area (Å²) >= 11 is 0. The molecule has 8 heteroatoms. The molecular formula is C24H33N3O5. The van der Waals surface area contributed by atoms with Crippen molar-refractivity contribution in [3.63, 3.8) is 0 Å². The summed E-state index contributed by atoms with van der Waals surface area (Å²) in [4.78, 5) is 36.6. The Kier molecular flexibility index (Phi) is 9.46. The Bertz CT molecular complexity index is 932. The van der Waals surface area contributed by atoms with Crippen molar-refractivity contribution in [1.82, 2.24) is 15.2 Å². The molecule has 0 spiro atoms. The molecule has 1 aromatic heterocycles. The highest BCUT2D eigenvalue weighted by molar-refractivity contribution is 6.00. The number of aryl methyl sites for hydroxylation is 1. The molecule has 0 fully saturated rings. The maximum Gasteiger partial charge on any atom is 0.338 e. The number of hydrogen-bond donors (Lipinski definition) is 2. The quantitative estimate of drug-likeness (QED) is 0.315. The lowest BCUT2D eigenvalue weighted by molar-refractivity contribution is 0.0474. The van der Waals surface area contributed by atoms with Gasteiger partial charge < -0.3 is 24.7 Å². The molecule has 32 heavy (non-hydrogen) atoms. The molecule has 174 valence electrons. The van der Waals surface area contributed by atoms with E-state index in [1.165, 1.54) is 0 Å². The van der Waals surface area contributed by atoms with Crippen LogP contribution in [0.25, 0.3) is 0 Å². The number of amides is 2. The van der Waals surface area contributed by atoms with Crippen LogP contribution in [0.3, 0.4) is 0 Å². The first-order valence-electron chi connectivity index (χ1n) is 10.7. The zero-order valence-electron chi connectivity index (χ0n) is 19.5. The third kappa shape index (κ3) is 7.23. The van der Waals surface area contributed by atoms with E-state index in [0.717, 1.165) is 29.9 Å². The summed E-state index contributed by atoms with van der Waals surface area (Å²) in [5.74, 6) is -0.800. The minimum Gasteiger partial charge on any atom is -0.454 e. The number of urea groups is 1. The number of benzene rings is 1. The van der Waals surface area contributed by atoms with Gasteiger partial charge in [0, 0.05) is 49.8 Å². The van der Waals surface area contributed by atoms with Crippen molar-refractivity contribution in [2.45, 2.75) is 53.2 Å². The number of carbonyl (C=O) groups excluding carboxylic acids is 3. The molecule has 0 aliphatic carbocycles. The minimum atomic E-state index is -0.565. The Morgan fingerprint density at radius 2 is 1.78 bits per heavy atom. The molecule has 0 saturated carbocycles. The van der Waals surface area contributed by atoms with Crippen LogP contribution in [0.4, 0.5) is 4.79 Å². The fourth-order valence-corrected chi connectivity index (χ4v) is 3.34. The number of rotatable bonds is 11. The molecule has 0 bridgehead atoms. The van der Waals surface area contributed by atoms with Gasteiger partial charge >= 0.3 is 12.0 Å². The molecule has 2 rings (SSSR count). The van der Waals surface area contributed by atoms with E-state index in [1.807, 2.05) is 33.8 Å². The van der Waals surface area contributed by atoms with E-state index in [1.54, 1.807) is 31.4 Å². The first-order valence-corrected chi connectivity index (χ1v) is 10.7. The Balaban J connectivity index is 1.89. The van der Waals surface area contributed by atoms with Gasteiger partial charge in [-0.15, -0.1) is 0 Å². The van der Waals surface area contributed by atoms with Gasteiger partial charge in [-0.25, -0.2) is 9.59 Å². The van der Waals surface area contributed by atoms with Crippen LogP contribution in [0.1, 0.15) is 57.9 Å². The van der Waals surface area contributed by atoms with Crippen LogP contribution in [0.2, 0.25) is 0 Å². The van der Waals surface area contributed by atoms with Gasteiger partial charge in [-0.05, 0) is 57.9 Å². The second-order valence-corrected chi connectivity index (χ2v) is 7.96. The lowest BCUT2D eigenvalue weighted by atomic mass is 10.1. The maximum atomic E-state index is 12.6. The maximum absolute atomic E-state index is 12.6. The first-order chi connectivity index (χ1) is 15.2. The normalized spacial score (nSPS) is 10.8. The van der Waals surface area contributed by atoms with Crippen molar-refractivity contribution in [1.29, 1.82) is 0 Å². The topological polar surface area (TPSA) is 98.7 Å². The smallest absolute Gasteiger partial charge is 0.338 e. The van der Waals surface area contributed by atoms with E-state index in [-0.39, 0.29) is 24.5 Å². The highest BCUT2D eigenvalue weighted by atomic mass is 16.5. The van der Waals surface area contributed by atoms with Gasteiger partial charge in [-0.2, -0.15) is 0 Å². The molecule has 0 radical (unpaired) electrons. The third-order valence-corrected chi connectivity index (χ3v) is 5.00. The van der Waals surface area contributed by atoms with Crippen molar-refractivity contribution < 1.29 is 23.9 Å². The van der Waals surface area contributed by atoms with Gasteiger partial charge in [-0.3, -0.25) is 4.79 Å². The van der Waals surface area contributed by atoms with E-state index in [0.29, 0.717) is 24.3 Å². The fourth-order valence-electron chi connectivity index (χ4n) is 3.34. The van der Waals surface area contributed by atoms with E-state index >= 15 is 0 Å². The van der Waals surface area contributed by atoms with Crippen LogP contribution in [-0.4, -0.2) is 48.7 Å². The lowest BCUT2D eigenvalue weighted by Crippen LogP contribution is -2.39. The summed E-state index contributed by atoms with van der Waals surface area (Å²) < 4.78 is 12.4. The number of esters is 1. The molecule has 0 atom stereocenters. The summed E-state index contributed by atoms with van der Waals surface area (Å²) in [6.45, 7) is 9.04. The van der Waals surface area contributed by atoms with Gasteiger partial charge in [0.2, 0.25) is 5.78 Å². The average molecular weight is 444 g/mol. The molecule has 1 heterocycles. The standard InChI is InChI=1S/C24H33N3O5/c1-16(2)26-24(30)25-14-19-7-9-20(10-8-19)23(29)32-15-22(28)21-13-17(3)27(18(21)4)11-6-12-31-5/h7-10,13,16H,6,11-12,14-15H2,1-5H3,(H2,25,26,30). The van der Waals surface area contributed by atoms with E-state index in [4.69, 9.17) is 9.47 Å². The van der Waals surface area contributed by atoms with Crippen molar-refractivity contribution in [2.24, 2.45) is 0 Å². The lowest BCUT2D eigenvalue weighted by Gasteiger charge is -2.10. The van der Waals surface area contributed by atoms with Crippen LogP contribution >= 0.6 is 0 Å². The second kappa shape index (κ2) is 12.0. The van der Waals surface area contributed by atoms with Crippen molar-refractivity contribution in [3.8, 4) is 0 Å². The molecule has 0 unspecified atom stereocenters. The Labute approximate surface area is 189 Å². The first kappa shape index (κ1) is 25.1. The summed E-state index contributed by atoms with van der Waals surface area (Å²) in [5, 5.41) is 5.49. The number of nitrogens with one attached hydrogen (secondary N) is 2. The number of nitrogens with zero attached hydrogens (tertiary/aromatic N) is 1. The van der Waals surface area contributed by atoms with Crippen LogP contribution in [0.15, 0.2) is 30.3 Å². The average Bonchev–Trinajstić information content (AvgIpc) is 3.04. The zero-order valence-corrected chi connectivity index (χ0v) is 19.5. The number of Topliss-reactive ketones (excluding diaryl/α,β-unsaturated/α-hetero) is 1. The van der Waals surface area contributed by atoms with Gasteiger partial charge in [0.25, 0.3) is 0 Å². The van der Waals surface area contributed by atoms with Crippen LogP contribution in [-0.2, 0) is 22.6 Å². The van der Waals surface area contributed by atoms with E-state index in [2.05, 4.69) is 15.2 Å². The van der Waals surface area contributed by atoms with Gasteiger partial charge in [0.05, 0.1) is 5.56 Å². The Hall–Kier alpha value is -3.13. The number of carbonyl (C=O) groups is 3. The van der Waals surface area contributed by atoms with Crippen molar-refractivity contribution >= 4 is 17.8 Å². The molecule has 0 saturated heterocycles. The highest BCUT2D eigenvalue weighted by Crippen LogP contribution is 2.17. The highest BCUT2D eigenvalue weighted by Gasteiger charge is 2.18.